The lowest BCUT2D eigenvalue weighted by atomic mass is 9.99. The molecule has 2 fully saturated rings. The van der Waals surface area contributed by atoms with Crippen molar-refractivity contribution in [1.82, 2.24) is 15.1 Å². The molecule has 0 bridgehead atoms. The predicted octanol–water partition coefficient (Wildman–Crippen LogP) is 1.93. The number of ether oxygens (including phenoxy) is 1. The second kappa shape index (κ2) is 5.41. The highest BCUT2D eigenvalue weighted by molar-refractivity contribution is 5.20. The topological polar surface area (TPSA) is 41.2 Å². The summed E-state index contributed by atoms with van der Waals surface area (Å²) in [5, 5.41) is 7.32. The largest absolute Gasteiger partial charge is 0.381 e. The fraction of sp³-hybridized carbons (Fsp3) is 0.786. The molecular weight excluding hydrogens is 226 g/mol. The van der Waals surface area contributed by atoms with Crippen LogP contribution < -0.4 is 0 Å². The van der Waals surface area contributed by atoms with E-state index in [1.165, 1.54) is 50.2 Å². The van der Waals surface area contributed by atoms with Crippen LogP contribution in [-0.4, -0.2) is 47.9 Å². The van der Waals surface area contributed by atoms with Crippen LogP contribution in [0.15, 0.2) is 6.20 Å². The van der Waals surface area contributed by atoms with Crippen molar-refractivity contribution in [2.45, 2.75) is 32.1 Å². The number of aromatic nitrogens is 2. The van der Waals surface area contributed by atoms with Crippen molar-refractivity contribution in [3.05, 3.63) is 17.5 Å². The molecule has 4 heteroatoms. The standard InChI is InChI=1S/C14H23N3O/c1-11-8-15-16-14(11)13-2-5-17(10-13)9-12-3-6-18-7-4-12/h8,12-13H,2-7,9-10H2,1H3,(H,15,16)/t13-/m1/s1. The lowest BCUT2D eigenvalue weighted by Gasteiger charge is -2.26. The van der Waals surface area contributed by atoms with Gasteiger partial charge >= 0.3 is 0 Å². The average molecular weight is 249 g/mol. The molecule has 0 saturated carbocycles. The minimum Gasteiger partial charge on any atom is -0.381 e. The number of H-pyrrole nitrogens is 1. The van der Waals surface area contributed by atoms with Crippen LogP contribution in [0, 0.1) is 12.8 Å². The molecule has 2 saturated heterocycles. The zero-order chi connectivity index (χ0) is 12.4. The Labute approximate surface area is 109 Å². The van der Waals surface area contributed by atoms with E-state index in [1.807, 2.05) is 6.20 Å². The molecule has 1 aromatic rings. The molecule has 0 spiro atoms. The summed E-state index contributed by atoms with van der Waals surface area (Å²) in [5.41, 5.74) is 2.66. The highest BCUT2D eigenvalue weighted by atomic mass is 16.5. The van der Waals surface area contributed by atoms with Crippen molar-refractivity contribution < 1.29 is 4.74 Å². The highest BCUT2D eigenvalue weighted by Gasteiger charge is 2.28. The van der Waals surface area contributed by atoms with Crippen LogP contribution >= 0.6 is 0 Å². The van der Waals surface area contributed by atoms with E-state index in [4.69, 9.17) is 4.74 Å². The lowest BCUT2D eigenvalue weighted by molar-refractivity contribution is 0.0553. The maximum absolute atomic E-state index is 5.43. The van der Waals surface area contributed by atoms with Crippen molar-refractivity contribution in [3.63, 3.8) is 0 Å². The predicted molar refractivity (Wildman–Crippen MR) is 70.7 cm³/mol. The summed E-state index contributed by atoms with van der Waals surface area (Å²) in [6, 6.07) is 0. The summed E-state index contributed by atoms with van der Waals surface area (Å²) in [6.45, 7) is 7.76. The SMILES string of the molecule is Cc1cn[nH]c1[C@@H]1CCN(CC2CCOCC2)C1. The molecule has 100 valence electrons. The summed E-state index contributed by atoms with van der Waals surface area (Å²) in [5.74, 6) is 1.51. The Hall–Kier alpha value is -0.870. The number of nitrogens with one attached hydrogen (secondary N) is 1. The number of hydrogen-bond donors (Lipinski definition) is 1. The van der Waals surface area contributed by atoms with Gasteiger partial charge in [-0.15, -0.1) is 0 Å². The molecule has 1 aromatic heterocycles. The molecule has 0 radical (unpaired) electrons. The first-order valence-electron chi connectivity index (χ1n) is 7.13. The molecule has 1 N–H and O–H groups in total. The Morgan fingerprint density at radius 2 is 2.22 bits per heavy atom. The molecule has 1 atom stereocenters. The number of nitrogens with zero attached hydrogens (tertiary/aromatic N) is 2. The molecule has 2 aliphatic heterocycles. The molecule has 4 nitrogen and oxygen atoms in total. The summed E-state index contributed by atoms with van der Waals surface area (Å²) in [7, 11) is 0. The third kappa shape index (κ3) is 2.59. The van der Waals surface area contributed by atoms with Gasteiger partial charge in [0, 0.05) is 37.9 Å². The van der Waals surface area contributed by atoms with E-state index in [9.17, 15) is 0 Å². The van der Waals surface area contributed by atoms with Gasteiger partial charge in [-0.25, -0.2) is 0 Å². The first kappa shape index (κ1) is 12.2. The summed E-state index contributed by atoms with van der Waals surface area (Å²) < 4.78 is 5.43. The third-order valence-corrected chi connectivity index (χ3v) is 4.41. The monoisotopic (exact) mass is 249 g/mol. The van der Waals surface area contributed by atoms with E-state index in [0.29, 0.717) is 5.92 Å². The molecular formula is C14H23N3O. The van der Waals surface area contributed by atoms with Crippen LogP contribution in [0.4, 0.5) is 0 Å². The molecule has 2 aliphatic rings. The van der Waals surface area contributed by atoms with Crippen molar-refractivity contribution >= 4 is 0 Å². The number of aryl methyl sites for hydroxylation is 1. The van der Waals surface area contributed by atoms with E-state index in [-0.39, 0.29) is 0 Å². The Morgan fingerprint density at radius 3 is 2.94 bits per heavy atom. The molecule has 0 amide bonds. The molecule has 0 unspecified atom stereocenters. The fourth-order valence-electron chi connectivity index (χ4n) is 3.30. The van der Waals surface area contributed by atoms with Crippen molar-refractivity contribution in [1.29, 1.82) is 0 Å². The van der Waals surface area contributed by atoms with Gasteiger partial charge in [0.05, 0.1) is 6.20 Å². The Morgan fingerprint density at radius 1 is 1.39 bits per heavy atom. The van der Waals surface area contributed by atoms with Gasteiger partial charge in [0.1, 0.15) is 0 Å². The van der Waals surface area contributed by atoms with Gasteiger partial charge in [0.2, 0.25) is 0 Å². The molecule has 3 rings (SSSR count). The van der Waals surface area contributed by atoms with E-state index in [0.717, 1.165) is 19.1 Å². The zero-order valence-electron chi connectivity index (χ0n) is 11.2. The van der Waals surface area contributed by atoms with Crippen molar-refractivity contribution in [2.75, 3.05) is 32.8 Å². The molecule has 3 heterocycles. The van der Waals surface area contributed by atoms with Crippen LogP contribution in [0.5, 0.6) is 0 Å². The first-order valence-corrected chi connectivity index (χ1v) is 7.13. The van der Waals surface area contributed by atoms with Gasteiger partial charge in [-0.1, -0.05) is 0 Å². The first-order chi connectivity index (χ1) is 8.83. The van der Waals surface area contributed by atoms with E-state index in [1.54, 1.807) is 0 Å². The van der Waals surface area contributed by atoms with E-state index >= 15 is 0 Å². The quantitative estimate of drug-likeness (QED) is 0.890. The summed E-state index contributed by atoms with van der Waals surface area (Å²) in [4.78, 5) is 2.63. The number of rotatable bonds is 3. The average Bonchev–Trinajstić information content (AvgIpc) is 2.99. The zero-order valence-corrected chi connectivity index (χ0v) is 11.2. The third-order valence-electron chi connectivity index (χ3n) is 4.41. The summed E-state index contributed by atoms with van der Waals surface area (Å²) in [6.07, 6.45) is 5.69. The second-order valence-corrected chi connectivity index (χ2v) is 5.77. The second-order valence-electron chi connectivity index (χ2n) is 5.77. The number of hydrogen-bond acceptors (Lipinski definition) is 3. The van der Waals surface area contributed by atoms with Crippen LogP contribution in [0.25, 0.3) is 0 Å². The Kier molecular flexibility index (Phi) is 3.66. The van der Waals surface area contributed by atoms with Crippen LogP contribution in [0.1, 0.15) is 36.4 Å². The lowest BCUT2D eigenvalue weighted by Crippen LogP contribution is -2.30. The molecule has 0 aromatic carbocycles. The number of aromatic amines is 1. The normalized spacial score (nSPS) is 26.8. The summed E-state index contributed by atoms with van der Waals surface area (Å²) >= 11 is 0. The maximum Gasteiger partial charge on any atom is 0.0519 e. The minimum atomic E-state index is 0.660. The van der Waals surface area contributed by atoms with Gasteiger partial charge < -0.3 is 9.64 Å². The van der Waals surface area contributed by atoms with Crippen LogP contribution in [0.2, 0.25) is 0 Å². The minimum absolute atomic E-state index is 0.660. The van der Waals surface area contributed by atoms with Gasteiger partial charge in [0.25, 0.3) is 0 Å². The Balaban J connectivity index is 1.53. The van der Waals surface area contributed by atoms with Crippen molar-refractivity contribution in [2.24, 2.45) is 5.92 Å². The van der Waals surface area contributed by atoms with E-state index < -0.39 is 0 Å². The fourth-order valence-corrected chi connectivity index (χ4v) is 3.30. The van der Waals surface area contributed by atoms with Gasteiger partial charge in [-0.2, -0.15) is 5.10 Å². The van der Waals surface area contributed by atoms with Crippen LogP contribution in [-0.2, 0) is 4.74 Å². The highest BCUT2D eigenvalue weighted by Crippen LogP contribution is 2.29. The number of likely N-dealkylation sites (tertiary alicyclic amines) is 1. The Bertz CT molecular complexity index is 384. The maximum atomic E-state index is 5.43. The van der Waals surface area contributed by atoms with Crippen molar-refractivity contribution in [3.8, 4) is 0 Å². The van der Waals surface area contributed by atoms with Gasteiger partial charge in [-0.05, 0) is 44.2 Å². The smallest absolute Gasteiger partial charge is 0.0519 e. The molecule has 0 aliphatic carbocycles. The van der Waals surface area contributed by atoms with Gasteiger partial charge in [0.15, 0.2) is 0 Å². The van der Waals surface area contributed by atoms with E-state index in [2.05, 4.69) is 22.0 Å². The molecule has 18 heavy (non-hydrogen) atoms. The van der Waals surface area contributed by atoms with Gasteiger partial charge in [-0.3, -0.25) is 5.10 Å². The van der Waals surface area contributed by atoms with Crippen LogP contribution in [0.3, 0.4) is 0 Å².